The predicted octanol–water partition coefficient (Wildman–Crippen LogP) is 0.862. The van der Waals surface area contributed by atoms with Crippen molar-refractivity contribution < 1.29 is 4.79 Å². The molecule has 0 aliphatic rings. The summed E-state index contributed by atoms with van der Waals surface area (Å²) in [7, 11) is 0. The second-order valence-electron chi connectivity index (χ2n) is 6.93. The summed E-state index contributed by atoms with van der Waals surface area (Å²) in [5, 5.41) is 18.5. The van der Waals surface area contributed by atoms with E-state index in [1.165, 1.54) is 11.4 Å². The van der Waals surface area contributed by atoms with Crippen molar-refractivity contribution >= 4 is 11.6 Å². The van der Waals surface area contributed by atoms with Gasteiger partial charge in [-0.15, -0.1) is 5.10 Å². The number of aromatic amines is 1. The summed E-state index contributed by atoms with van der Waals surface area (Å²) in [4.78, 5) is 28.5. The third-order valence-corrected chi connectivity index (χ3v) is 4.49. The monoisotopic (exact) mass is 395 g/mol. The van der Waals surface area contributed by atoms with Crippen LogP contribution in [0.3, 0.4) is 0 Å². The first-order chi connectivity index (χ1) is 14.0. The average molecular weight is 395 g/mol. The Kier molecular flexibility index (Phi) is 4.71. The minimum absolute atomic E-state index is 0.0926. The van der Waals surface area contributed by atoms with Gasteiger partial charge in [-0.3, -0.25) is 23.9 Å². The molecule has 0 spiro atoms. The van der Waals surface area contributed by atoms with Crippen LogP contribution in [-0.2, 0) is 11.3 Å². The van der Waals surface area contributed by atoms with Crippen LogP contribution in [0.15, 0.2) is 35.8 Å². The highest BCUT2D eigenvalue weighted by molar-refractivity contribution is 5.72. The lowest BCUT2D eigenvalue weighted by atomic mass is 10.3. The van der Waals surface area contributed by atoms with E-state index in [-0.39, 0.29) is 23.2 Å². The van der Waals surface area contributed by atoms with Gasteiger partial charge in [-0.05, 0) is 13.8 Å². The summed E-state index contributed by atoms with van der Waals surface area (Å²) >= 11 is 0. The number of carbonyl (C=O) groups excluding carboxylic acids is 1. The first-order valence-electron chi connectivity index (χ1n) is 9.22. The van der Waals surface area contributed by atoms with E-state index in [0.29, 0.717) is 30.2 Å². The van der Waals surface area contributed by atoms with Gasteiger partial charge in [0.15, 0.2) is 5.82 Å². The lowest BCUT2D eigenvalue weighted by Crippen LogP contribution is -2.27. The maximum absolute atomic E-state index is 13.1. The van der Waals surface area contributed by atoms with Gasteiger partial charge in [-0.2, -0.15) is 10.2 Å². The molecule has 0 aliphatic carbocycles. The molecule has 4 rings (SSSR count). The summed E-state index contributed by atoms with van der Waals surface area (Å²) in [6.45, 7) is 6.29. The third kappa shape index (κ3) is 3.42. The second kappa shape index (κ2) is 7.34. The van der Waals surface area contributed by atoms with Crippen LogP contribution in [0.4, 0.5) is 0 Å². The molecule has 0 radical (unpaired) electrons. The fraction of sp³-hybridized carbons (Fsp3) is 0.333. The first-order valence-corrected chi connectivity index (χ1v) is 9.22. The van der Waals surface area contributed by atoms with Crippen LogP contribution < -0.4 is 10.9 Å². The molecule has 0 aliphatic heterocycles. The fourth-order valence-corrected chi connectivity index (χ4v) is 3.15. The highest BCUT2D eigenvalue weighted by Crippen LogP contribution is 2.22. The SMILES string of the molecule is CC(=O)NCCn1cc(-c2nn3c(-c4cn[nH]c4)cnc3c(=O)n2C(C)C)cn1. The zero-order chi connectivity index (χ0) is 20.5. The molecule has 4 heterocycles. The van der Waals surface area contributed by atoms with Gasteiger partial charge in [0.1, 0.15) is 0 Å². The van der Waals surface area contributed by atoms with Crippen molar-refractivity contribution in [3.63, 3.8) is 0 Å². The maximum atomic E-state index is 13.1. The van der Waals surface area contributed by atoms with Gasteiger partial charge in [-0.25, -0.2) is 9.50 Å². The lowest BCUT2D eigenvalue weighted by Gasteiger charge is -2.15. The average Bonchev–Trinajstić information content (AvgIpc) is 3.41. The van der Waals surface area contributed by atoms with Gasteiger partial charge in [0, 0.05) is 37.5 Å². The highest BCUT2D eigenvalue weighted by Gasteiger charge is 2.20. The molecular formula is C18H21N9O2. The van der Waals surface area contributed by atoms with Gasteiger partial charge in [0.25, 0.3) is 5.56 Å². The van der Waals surface area contributed by atoms with Crippen LogP contribution in [0.2, 0.25) is 0 Å². The molecule has 11 nitrogen and oxygen atoms in total. The number of fused-ring (bicyclic) bond motifs is 1. The Morgan fingerprint density at radius 1 is 1.24 bits per heavy atom. The Morgan fingerprint density at radius 3 is 2.76 bits per heavy atom. The number of rotatable bonds is 6. The number of nitrogens with zero attached hydrogens (tertiary/aromatic N) is 7. The number of imidazole rings is 1. The van der Waals surface area contributed by atoms with E-state index in [1.807, 2.05) is 20.0 Å². The second-order valence-corrected chi connectivity index (χ2v) is 6.93. The standard InChI is InChI=1S/C18H21N9O2/c1-11(2)26-16(14-8-23-25(10-14)5-4-19-12(3)28)24-27-15(13-6-21-22-7-13)9-20-17(27)18(26)29/h6-11H,4-5H2,1-3H3,(H,19,28)(H,21,22). The van der Waals surface area contributed by atoms with Gasteiger partial charge in [-0.1, -0.05) is 0 Å². The molecule has 0 atom stereocenters. The van der Waals surface area contributed by atoms with E-state index in [0.717, 1.165) is 5.56 Å². The van der Waals surface area contributed by atoms with Gasteiger partial charge in [0.2, 0.25) is 11.6 Å². The van der Waals surface area contributed by atoms with Crippen molar-refractivity contribution in [3.8, 4) is 22.6 Å². The van der Waals surface area contributed by atoms with E-state index in [2.05, 4.69) is 25.6 Å². The van der Waals surface area contributed by atoms with Crippen molar-refractivity contribution in [1.29, 1.82) is 0 Å². The van der Waals surface area contributed by atoms with Crippen LogP contribution in [0, 0.1) is 0 Å². The molecule has 0 unspecified atom stereocenters. The molecule has 0 saturated heterocycles. The van der Waals surface area contributed by atoms with Gasteiger partial charge in [0.05, 0.1) is 36.4 Å². The minimum atomic E-state index is -0.231. The van der Waals surface area contributed by atoms with Gasteiger partial charge >= 0.3 is 0 Å². The number of carbonyl (C=O) groups is 1. The summed E-state index contributed by atoms with van der Waals surface area (Å²) in [6.07, 6.45) is 8.45. The number of amides is 1. The van der Waals surface area contributed by atoms with Crippen molar-refractivity contribution in [2.24, 2.45) is 0 Å². The minimum Gasteiger partial charge on any atom is -0.354 e. The van der Waals surface area contributed by atoms with Crippen LogP contribution >= 0.6 is 0 Å². The Hall–Kier alpha value is -3.76. The quantitative estimate of drug-likeness (QED) is 0.498. The summed E-state index contributed by atoms with van der Waals surface area (Å²) in [5.41, 5.74) is 2.17. The highest BCUT2D eigenvalue weighted by atomic mass is 16.1. The molecule has 2 N–H and O–H groups in total. The van der Waals surface area contributed by atoms with Crippen LogP contribution in [-0.4, -0.2) is 51.6 Å². The van der Waals surface area contributed by atoms with Crippen LogP contribution in [0.25, 0.3) is 28.3 Å². The lowest BCUT2D eigenvalue weighted by molar-refractivity contribution is -0.118. The van der Waals surface area contributed by atoms with Crippen molar-refractivity contribution in [2.75, 3.05) is 6.54 Å². The van der Waals surface area contributed by atoms with E-state index in [1.54, 1.807) is 34.0 Å². The molecule has 0 fully saturated rings. The van der Waals surface area contributed by atoms with E-state index < -0.39 is 0 Å². The molecule has 11 heteroatoms. The molecule has 0 aromatic carbocycles. The molecular weight excluding hydrogens is 374 g/mol. The largest absolute Gasteiger partial charge is 0.354 e. The normalized spacial score (nSPS) is 11.4. The maximum Gasteiger partial charge on any atom is 0.297 e. The summed E-state index contributed by atoms with van der Waals surface area (Å²) in [6, 6.07) is -0.119. The van der Waals surface area contributed by atoms with E-state index >= 15 is 0 Å². The van der Waals surface area contributed by atoms with Gasteiger partial charge < -0.3 is 5.32 Å². The van der Waals surface area contributed by atoms with Crippen molar-refractivity contribution in [1.82, 2.24) is 44.5 Å². The molecule has 29 heavy (non-hydrogen) atoms. The van der Waals surface area contributed by atoms with Crippen LogP contribution in [0.5, 0.6) is 0 Å². The number of H-pyrrole nitrogens is 1. The molecule has 1 amide bonds. The molecule has 4 aromatic heterocycles. The predicted molar refractivity (Wildman–Crippen MR) is 105 cm³/mol. The summed E-state index contributed by atoms with van der Waals surface area (Å²) < 4.78 is 4.85. The molecule has 0 saturated carbocycles. The Labute approximate surface area is 165 Å². The molecule has 4 aromatic rings. The Morgan fingerprint density at radius 2 is 2.07 bits per heavy atom. The van der Waals surface area contributed by atoms with Crippen LogP contribution in [0.1, 0.15) is 26.8 Å². The zero-order valence-electron chi connectivity index (χ0n) is 16.3. The molecule has 150 valence electrons. The number of hydrogen-bond donors (Lipinski definition) is 2. The molecule has 0 bridgehead atoms. The number of hydrogen-bond acceptors (Lipinski definition) is 6. The van der Waals surface area contributed by atoms with Crippen molar-refractivity contribution in [2.45, 2.75) is 33.4 Å². The Balaban J connectivity index is 1.82. The smallest absolute Gasteiger partial charge is 0.297 e. The zero-order valence-corrected chi connectivity index (χ0v) is 16.3. The van der Waals surface area contributed by atoms with E-state index in [9.17, 15) is 9.59 Å². The summed E-state index contributed by atoms with van der Waals surface area (Å²) in [5.74, 6) is 0.399. The first kappa shape index (κ1) is 18.6. The Bertz CT molecular complexity index is 1210. The topological polar surface area (TPSA) is 128 Å². The van der Waals surface area contributed by atoms with E-state index in [4.69, 9.17) is 5.10 Å². The third-order valence-electron chi connectivity index (χ3n) is 4.49. The van der Waals surface area contributed by atoms with Crippen molar-refractivity contribution in [3.05, 3.63) is 41.3 Å². The fourth-order valence-electron chi connectivity index (χ4n) is 3.15. The number of nitrogens with one attached hydrogen (secondary N) is 2. The number of aromatic nitrogens is 8.